The van der Waals surface area contributed by atoms with Crippen LogP contribution in [0.5, 0.6) is 0 Å². The fraction of sp³-hybridized carbons (Fsp3) is 0.550. The number of rotatable bonds is 5. The van der Waals surface area contributed by atoms with E-state index in [-0.39, 0.29) is 29.7 Å². The molecule has 1 aromatic heterocycles. The first-order valence-corrected chi connectivity index (χ1v) is 9.50. The first-order chi connectivity index (χ1) is 12.5. The van der Waals surface area contributed by atoms with E-state index in [1.807, 2.05) is 29.2 Å². The molecule has 3 rings (SSSR count). The summed E-state index contributed by atoms with van der Waals surface area (Å²) in [6.45, 7) is 7.16. The van der Waals surface area contributed by atoms with Gasteiger partial charge in [0.15, 0.2) is 0 Å². The van der Waals surface area contributed by atoms with Crippen LogP contribution in [0.3, 0.4) is 0 Å². The number of imidazole rings is 1. The van der Waals surface area contributed by atoms with E-state index in [9.17, 15) is 9.59 Å². The maximum atomic E-state index is 12.8. The van der Waals surface area contributed by atoms with E-state index in [1.165, 1.54) is 0 Å². The summed E-state index contributed by atoms with van der Waals surface area (Å²) in [5, 5.41) is 3.22. The lowest BCUT2D eigenvalue weighted by Gasteiger charge is -2.32. The zero-order valence-corrected chi connectivity index (χ0v) is 15.8. The van der Waals surface area contributed by atoms with Crippen molar-refractivity contribution in [3.8, 4) is 0 Å². The van der Waals surface area contributed by atoms with Crippen molar-refractivity contribution in [1.82, 2.24) is 20.2 Å². The Morgan fingerprint density at radius 1 is 1.31 bits per heavy atom. The number of aromatic nitrogens is 2. The van der Waals surface area contributed by atoms with Crippen molar-refractivity contribution in [3.63, 3.8) is 0 Å². The summed E-state index contributed by atoms with van der Waals surface area (Å²) in [6.07, 6.45) is 2.39. The minimum absolute atomic E-state index is 0.0402. The molecule has 2 amide bonds. The third-order valence-electron chi connectivity index (χ3n) is 5.52. The second-order valence-corrected chi connectivity index (χ2v) is 7.29. The normalized spacial score (nSPS) is 17.9. The SMILES string of the molecule is CC[C@H](C)[C@@H](NC(=O)C1CCN(C(C)=O)CC1)c1nc2ccccc2[nH]1. The third-order valence-corrected chi connectivity index (χ3v) is 5.52. The van der Waals surface area contributed by atoms with E-state index >= 15 is 0 Å². The summed E-state index contributed by atoms with van der Waals surface area (Å²) in [7, 11) is 0. The highest BCUT2D eigenvalue weighted by molar-refractivity contribution is 5.80. The largest absolute Gasteiger partial charge is 0.346 e. The van der Waals surface area contributed by atoms with Crippen molar-refractivity contribution in [2.24, 2.45) is 11.8 Å². The van der Waals surface area contributed by atoms with Crippen LogP contribution in [-0.2, 0) is 9.59 Å². The predicted molar refractivity (Wildman–Crippen MR) is 101 cm³/mol. The Balaban J connectivity index is 1.72. The number of hydrogen-bond donors (Lipinski definition) is 2. The van der Waals surface area contributed by atoms with Crippen LogP contribution >= 0.6 is 0 Å². The molecule has 2 N–H and O–H groups in total. The molecular weight excluding hydrogens is 328 g/mol. The second-order valence-electron chi connectivity index (χ2n) is 7.29. The number of benzene rings is 1. The lowest BCUT2D eigenvalue weighted by Crippen LogP contribution is -2.44. The maximum absolute atomic E-state index is 12.8. The number of nitrogens with zero attached hydrogens (tertiary/aromatic N) is 2. The Kier molecular flexibility index (Phi) is 5.59. The standard InChI is InChI=1S/C20H28N4O2/c1-4-13(2)18(19-21-16-7-5-6-8-17(16)22-19)23-20(26)15-9-11-24(12-10-15)14(3)25/h5-8,13,15,18H,4,9-12H2,1-3H3,(H,21,22)(H,23,26)/t13-,18+/m0/s1. The summed E-state index contributed by atoms with van der Waals surface area (Å²) < 4.78 is 0. The Hall–Kier alpha value is -2.37. The summed E-state index contributed by atoms with van der Waals surface area (Å²) in [4.78, 5) is 34.2. The molecule has 2 heterocycles. The van der Waals surface area contributed by atoms with Gasteiger partial charge in [-0.3, -0.25) is 9.59 Å². The number of piperidine rings is 1. The molecule has 2 aromatic rings. The van der Waals surface area contributed by atoms with Crippen molar-refractivity contribution < 1.29 is 9.59 Å². The summed E-state index contributed by atoms with van der Waals surface area (Å²) >= 11 is 0. The van der Waals surface area contributed by atoms with Crippen LogP contribution in [0.4, 0.5) is 0 Å². The van der Waals surface area contributed by atoms with E-state index in [0.29, 0.717) is 13.1 Å². The molecule has 0 aliphatic carbocycles. The monoisotopic (exact) mass is 356 g/mol. The number of nitrogens with one attached hydrogen (secondary N) is 2. The quantitative estimate of drug-likeness (QED) is 0.864. The molecule has 0 bridgehead atoms. The minimum Gasteiger partial charge on any atom is -0.346 e. The van der Waals surface area contributed by atoms with E-state index < -0.39 is 0 Å². The molecule has 0 radical (unpaired) electrons. The molecule has 1 saturated heterocycles. The average Bonchev–Trinajstić information content (AvgIpc) is 3.09. The van der Waals surface area contributed by atoms with Gasteiger partial charge in [-0.25, -0.2) is 4.98 Å². The van der Waals surface area contributed by atoms with E-state index in [4.69, 9.17) is 4.98 Å². The first kappa shape index (κ1) is 18.4. The average molecular weight is 356 g/mol. The lowest BCUT2D eigenvalue weighted by atomic mass is 9.93. The van der Waals surface area contributed by atoms with Gasteiger partial charge in [-0.15, -0.1) is 0 Å². The molecule has 0 spiro atoms. The van der Waals surface area contributed by atoms with Crippen LogP contribution in [0.15, 0.2) is 24.3 Å². The Morgan fingerprint density at radius 3 is 2.62 bits per heavy atom. The van der Waals surface area contributed by atoms with E-state index in [2.05, 4.69) is 24.1 Å². The van der Waals surface area contributed by atoms with Crippen LogP contribution in [0, 0.1) is 11.8 Å². The Bertz CT molecular complexity index is 744. The third kappa shape index (κ3) is 3.89. The first-order valence-electron chi connectivity index (χ1n) is 9.50. The number of hydrogen-bond acceptors (Lipinski definition) is 3. The topological polar surface area (TPSA) is 78.1 Å². The minimum atomic E-state index is -0.134. The number of H-pyrrole nitrogens is 1. The molecule has 26 heavy (non-hydrogen) atoms. The van der Waals surface area contributed by atoms with Gasteiger partial charge in [0.2, 0.25) is 11.8 Å². The number of aromatic amines is 1. The van der Waals surface area contributed by atoms with Gasteiger partial charge in [0.25, 0.3) is 0 Å². The van der Waals surface area contributed by atoms with Gasteiger partial charge < -0.3 is 15.2 Å². The van der Waals surface area contributed by atoms with Crippen LogP contribution in [-0.4, -0.2) is 39.8 Å². The van der Waals surface area contributed by atoms with Crippen molar-refractivity contribution >= 4 is 22.8 Å². The fourth-order valence-corrected chi connectivity index (χ4v) is 3.56. The fourth-order valence-electron chi connectivity index (χ4n) is 3.56. The number of carbonyl (C=O) groups is 2. The predicted octanol–water partition coefficient (Wildman–Crippen LogP) is 3.02. The Morgan fingerprint density at radius 2 is 2.00 bits per heavy atom. The highest BCUT2D eigenvalue weighted by atomic mass is 16.2. The van der Waals surface area contributed by atoms with Gasteiger partial charge in [0.1, 0.15) is 5.82 Å². The van der Waals surface area contributed by atoms with Gasteiger partial charge in [0.05, 0.1) is 17.1 Å². The molecule has 1 aliphatic heterocycles. The van der Waals surface area contributed by atoms with Gasteiger partial charge in [-0.05, 0) is 30.9 Å². The van der Waals surface area contributed by atoms with Gasteiger partial charge in [-0.2, -0.15) is 0 Å². The van der Waals surface area contributed by atoms with E-state index in [1.54, 1.807) is 6.92 Å². The van der Waals surface area contributed by atoms with Crippen LogP contribution < -0.4 is 5.32 Å². The lowest BCUT2D eigenvalue weighted by molar-refractivity contribution is -0.134. The summed E-state index contributed by atoms with van der Waals surface area (Å²) in [6, 6.07) is 7.78. The van der Waals surface area contributed by atoms with Crippen LogP contribution in [0.25, 0.3) is 11.0 Å². The molecule has 140 valence electrons. The highest BCUT2D eigenvalue weighted by Crippen LogP contribution is 2.26. The number of amides is 2. The molecule has 2 atom stereocenters. The van der Waals surface area contributed by atoms with Gasteiger partial charge in [-0.1, -0.05) is 32.4 Å². The van der Waals surface area contributed by atoms with Gasteiger partial charge in [0, 0.05) is 25.9 Å². The van der Waals surface area contributed by atoms with Crippen LogP contribution in [0.2, 0.25) is 0 Å². The second kappa shape index (κ2) is 7.89. The zero-order chi connectivity index (χ0) is 18.7. The molecule has 6 heteroatoms. The van der Waals surface area contributed by atoms with Crippen molar-refractivity contribution in [2.45, 2.75) is 46.1 Å². The Labute approximate surface area is 154 Å². The van der Waals surface area contributed by atoms with Crippen LogP contribution in [0.1, 0.15) is 51.9 Å². The smallest absolute Gasteiger partial charge is 0.223 e. The number of carbonyl (C=O) groups excluding carboxylic acids is 2. The van der Waals surface area contributed by atoms with E-state index in [0.717, 1.165) is 36.1 Å². The summed E-state index contributed by atoms with van der Waals surface area (Å²) in [5.74, 6) is 1.20. The number of para-hydroxylation sites is 2. The molecule has 1 aliphatic rings. The number of fused-ring (bicyclic) bond motifs is 1. The molecule has 1 aromatic carbocycles. The van der Waals surface area contributed by atoms with Gasteiger partial charge >= 0.3 is 0 Å². The molecule has 1 fully saturated rings. The molecular formula is C20H28N4O2. The highest BCUT2D eigenvalue weighted by Gasteiger charge is 2.30. The van der Waals surface area contributed by atoms with Crippen molar-refractivity contribution in [2.75, 3.05) is 13.1 Å². The molecule has 6 nitrogen and oxygen atoms in total. The zero-order valence-electron chi connectivity index (χ0n) is 15.8. The van der Waals surface area contributed by atoms with Crippen molar-refractivity contribution in [1.29, 1.82) is 0 Å². The summed E-state index contributed by atoms with van der Waals surface area (Å²) in [5.41, 5.74) is 1.90. The van der Waals surface area contributed by atoms with Crippen molar-refractivity contribution in [3.05, 3.63) is 30.1 Å². The maximum Gasteiger partial charge on any atom is 0.223 e. The molecule has 0 saturated carbocycles. The number of likely N-dealkylation sites (tertiary alicyclic amines) is 1. The molecule has 0 unspecified atom stereocenters.